The smallest absolute Gasteiger partial charge is 0.239 e. The van der Waals surface area contributed by atoms with Gasteiger partial charge >= 0.3 is 0 Å². The molecule has 1 aromatic heterocycles. The van der Waals surface area contributed by atoms with Gasteiger partial charge in [-0.3, -0.25) is 9.69 Å². The Balaban J connectivity index is 1.62. The predicted octanol–water partition coefficient (Wildman–Crippen LogP) is 3.20. The number of carbonyl (C=O) groups is 1. The molecule has 5 rings (SSSR count). The minimum Gasteiger partial charge on any atom is -0.454 e. The SMILES string of the molecule is CN1C(=O)[C@H](c2ccc3c(c2)OCO3)[C@@](C)(c2nc(-c3cccc(C#N)c3)cs2)N=C1N. The van der Waals surface area contributed by atoms with Crippen LogP contribution in [0.4, 0.5) is 0 Å². The fourth-order valence-electron chi connectivity index (χ4n) is 4.04. The summed E-state index contributed by atoms with van der Waals surface area (Å²) in [5, 5.41) is 11.8. The molecule has 160 valence electrons. The molecule has 2 atom stereocenters. The van der Waals surface area contributed by atoms with Crippen molar-refractivity contribution in [3.63, 3.8) is 0 Å². The lowest BCUT2D eigenvalue weighted by Gasteiger charge is -2.39. The number of rotatable bonds is 3. The third-order valence-corrected chi connectivity index (χ3v) is 6.85. The van der Waals surface area contributed by atoms with E-state index in [0.717, 1.165) is 11.1 Å². The van der Waals surface area contributed by atoms with E-state index >= 15 is 0 Å². The number of likely N-dealkylation sites (N-methyl/N-ethyl adjacent to an activating group) is 1. The molecule has 2 aliphatic heterocycles. The Labute approximate surface area is 188 Å². The van der Waals surface area contributed by atoms with Gasteiger partial charge in [-0.05, 0) is 36.8 Å². The highest BCUT2D eigenvalue weighted by Crippen LogP contribution is 2.47. The van der Waals surface area contributed by atoms with Gasteiger partial charge in [-0.25, -0.2) is 9.98 Å². The molecule has 2 aliphatic rings. The van der Waals surface area contributed by atoms with Crippen LogP contribution in [0.15, 0.2) is 52.8 Å². The zero-order valence-corrected chi connectivity index (χ0v) is 18.2. The summed E-state index contributed by atoms with van der Waals surface area (Å²) in [5.74, 6) is 0.540. The highest BCUT2D eigenvalue weighted by molar-refractivity contribution is 7.10. The molecular weight excluding hydrogens is 426 g/mol. The van der Waals surface area contributed by atoms with Crippen molar-refractivity contribution in [1.29, 1.82) is 5.26 Å². The number of hydrogen-bond donors (Lipinski definition) is 1. The van der Waals surface area contributed by atoms with Crippen LogP contribution < -0.4 is 15.2 Å². The normalized spacial score (nSPS) is 21.9. The van der Waals surface area contributed by atoms with E-state index in [0.29, 0.717) is 27.8 Å². The summed E-state index contributed by atoms with van der Waals surface area (Å²) < 4.78 is 10.9. The van der Waals surface area contributed by atoms with Crippen LogP contribution in [0.5, 0.6) is 11.5 Å². The van der Waals surface area contributed by atoms with E-state index < -0.39 is 11.5 Å². The number of fused-ring (bicyclic) bond motifs is 1. The molecule has 9 heteroatoms. The first-order valence-corrected chi connectivity index (χ1v) is 10.8. The molecule has 0 unspecified atom stereocenters. The number of nitrogens with two attached hydrogens (primary N) is 1. The van der Waals surface area contributed by atoms with Crippen molar-refractivity contribution in [2.45, 2.75) is 18.4 Å². The average molecular weight is 446 g/mol. The monoisotopic (exact) mass is 445 g/mol. The van der Waals surface area contributed by atoms with Crippen molar-refractivity contribution >= 4 is 23.2 Å². The molecule has 3 heterocycles. The second kappa shape index (κ2) is 7.35. The van der Waals surface area contributed by atoms with Crippen LogP contribution in [0.1, 0.15) is 29.0 Å². The number of nitriles is 1. The van der Waals surface area contributed by atoms with Gasteiger partial charge in [-0.15, -0.1) is 11.3 Å². The summed E-state index contributed by atoms with van der Waals surface area (Å²) in [7, 11) is 1.61. The van der Waals surface area contributed by atoms with Gasteiger partial charge in [-0.1, -0.05) is 18.2 Å². The number of aliphatic imine (C=N–C) groups is 1. The maximum atomic E-state index is 13.4. The lowest BCUT2D eigenvalue weighted by atomic mass is 9.79. The highest BCUT2D eigenvalue weighted by atomic mass is 32.1. The zero-order valence-electron chi connectivity index (χ0n) is 17.4. The van der Waals surface area contributed by atoms with Crippen LogP contribution in [0.25, 0.3) is 11.3 Å². The van der Waals surface area contributed by atoms with Crippen molar-refractivity contribution in [3.8, 4) is 28.8 Å². The number of guanidine groups is 1. The molecule has 2 N–H and O–H groups in total. The maximum absolute atomic E-state index is 13.4. The van der Waals surface area contributed by atoms with E-state index in [-0.39, 0.29) is 18.7 Å². The molecule has 3 aromatic rings. The fraction of sp³-hybridized carbons (Fsp3) is 0.217. The molecule has 1 amide bonds. The molecule has 0 radical (unpaired) electrons. The molecule has 0 fully saturated rings. The second-order valence-electron chi connectivity index (χ2n) is 7.79. The van der Waals surface area contributed by atoms with Gasteiger partial charge in [0.25, 0.3) is 0 Å². The van der Waals surface area contributed by atoms with Gasteiger partial charge in [0.1, 0.15) is 10.5 Å². The van der Waals surface area contributed by atoms with Crippen molar-refractivity contribution in [2.75, 3.05) is 13.8 Å². The van der Waals surface area contributed by atoms with Gasteiger partial charge in [0.15, 0.2) is 17.5 Å². The van der Waals surface area contributed by atoms with Gasteiger partial charge in [0, 0.05) is 18.0 Å². The van der Waals surface area contributed by atoms with Crippen molar-refractivity contribution in [1.82, 2.24) is 9.88 Å². The summed E-state index contributed by atoms with van der Waals surface area (Å²) in [6.45, 7) is 2.02. The first-order chi connectivity index (χ1) is 15.4. The number of thiazole rings is 1. The summed E-state index contributed by atoms with van der Waals surface area (Å²) >= 11 is 1.41. The predicted molar refractivity (Wildman–Crippen MR) is 119 cm³/mol. The summed E-state index contributed by atoms with van der Waals surface area (Å²) in [6, 6.07) is 14.9. The number of benzene rings is 2. The Kier molecular flexibility index (Phi) is 4.60. The molecule has 0 saturated carbocycles. The Morgan fingerprint density at radius 1 is 1.25 bits per heavy atom. The summed E-state index contributed by atoms with van der Waals surface area (Å²) in [5.41, 5.74) is 7.94. The highest BCUT2D eigenvalue weighted by Gasteiger charge is 2.49. The Morgan fingerprint density at radius 3 is 2.88 bits per heavy atom. The van der Waals surface area contributed by atoms with Crippen LogP contribution in [0.3, 0.4) is 0 Å². The van der Waals surface area contributed by atoms with Gasteiger partial charge in [0.2, 0.25) is 12.7 Å². The van der Waals surface area contributed by atoms with E-state index in [4.69, 9.17) is 25.2 Å². The lowest BCUT2D eigenvalue weighted by molar-refractivity contribution is -0.130. The molecule has 32 heavy (non-hydrogen) atoms. The first-order valence-electron chi connectivity index (χ1n) is 9.89. The second-order valence-corrected chi connectivity index (χ2v) is 8.65. The van der Waals surface area contributed by atoms with Crippen LogP contribution in [-0.4, -0.2) is 35.6 Å². The van der Waals surface area contributed by atoms with Crippen LogP contribution >= 0.6 is 11.3 Å². The molecule has 0 spiro atoms. The molecule has 8 nitrogen and oxygen atoms in total. The third-order valence-electron chi connectivity index (χ3n) is 5.78. The van der Waals surface area contributed by atoms with E-state index in [1.165, 1.54) is 16.2 Å². The third kappa shape index (κ3) is 3.08. The minimum absolute atomic E-state index is 0.137. The molecule has 0 aliphatic carbocycles. The quantitative estimate of drug-likeness (QED) is 0.662. The van der Waals surface area contributed by atoms with Crippen molar-refractivity contribution < 1.29 is 14.3 Å². The number of hydrogen-bond acceptors (Lipinski definition) is 8. The molecule has 0 bridgehead atoms. The Hall–Kier alpha value is -3.90. The van der Waals surface area contributed by atoms with E-state index in [1.807, 2.05) is 36.6 Å². The maximum Gasteiger partial charge on any atom is 0.239 e. The van der Waals surface area contributed by atoms with E-state index in [2.05, 4.69) is 6.07 Å². The minimum atomic E-state index is -1.02. The van der Waals surface area contributed by atoms with E-state index in [9.17, 15) is 10.1 Å². The van der Waals surface area contributed by atoms with Crippen molar-refractivity contribution in [2.24, 2.45) is 10.7 Å². The topological polar surface area (TPSA) is 114 Å². The first kappa shape index (κ1) is 20.0. The summed E-state index contributed by atoms with van der Waals surface area (Å²) in [6.07, 6.45) is 0. The summed E-state index contributed by atoms with van der Waals surface area (Å²) in [4.78, 5) is 24.3. The standard InChI is InChI=1S/C23H19N5O3S/c1-23(21-26-16(11-32-21)14-5-3-4-13(8-14)10-24)19(20(29)28(2)22(25)27-23)15-6-7-17-18(9-15)31-12-30-17/h3-9,11,19H,12H2,1-2H3,(H2,25,27)/t19-,23-/m0/s1. The fourth-order valence-corrected chi connectivity index (χ4v) is 5.01. The Morgan fingerprint density at radius 2 is 2.06 bits per heavy atom. The number of amides is 1. The number of nitrogens with zero attached hydrogens (tertiary/aromatic N) is 4. The Bertz CT molecular complexity index is 1310. The van der Waals surface area contributed by atoms with Crippen molar-refractivity contribution in [3.05, 3.63) is 64.0 Å². The number of ether oxygens (including phenoxy) is 2. The zero-order chi connectivity index (χ0) is 22.5. The van der Waals surface area contributed by atoms with Crippen LogP contribution in [-0.2, 0) is 10.3 Å². The largest absolute Gasteiger partial charge is 0.454 e. The van der Waals surface area contributed by atoms with Crippen LogP contribution in [0, 0.1) is 11.3 Å². The van der Waals surface area contributed by atoms with E-state index in [1.54, 1.807) is 25.2 Å². The lowest BCUT2D eigenvalue weighted by Crippen LogP contribution is -2.52. The molecule has 2 aromatic carbocycles. The molecule has 0 saturated heterocycles. The number of aromatic nitrogens is 1. The van der Waals surface area contributed by atoms with Gasteiger partial charge in [0.05, 0.1) is 23.2 Å². The molecular formula is C23H19N5O3S. The average Bonchev–Trinajstić information content (AvgIpc) is 3.47. The van der Waals surface area contributed by atoms with Gasteiger partial charge in [-0.2, -0.15) is 5.26 Å². The van der Waals surface area contributed by atoms with Gasteiger partial charge < -0.3 is 15.2 Å². The van der Waals surface area contributed by atoms with Crippen LogP contribution in [0.2, 0.25) is 0 Å². The number of carbonyl (C=O) groups excluding carboxylic acids is 1.